The molecular formula is C8H10N6. The van der Waals surface area contributed by atoms with Gasteiger partial charge in [0.25, 0.3) is 0 Å². The highest BCUT2D eigenvalue weighted by Gasteiger charge is 2.08. The van der Waals surface area contributed by atoms with Crippen LogP contribution in [0.15, 0.2) is 19.0 Å². The highest BCUT2D eigenvalue weighted by molar-refractivity contribution is 5.82. The van der Waals surface area contributed by atoms with Crippen molar-refractivity contribution in [2.75, 3.05) is 11.5 Å². The van der Waals surface area contributed by atoms with Gasteiger partial charge in [0.05, 0.1) is 6.33 Å². The number of nitrogens with zero attached hydrogens (tertiary/aromatic N) is 4. The molecule has 0 bridgehead atoms. The maximum absolute atomic E-state index is 5.71. The molecule has 0 aliphatic heterocycles. The van der Waals surface area contributed by atoms with Crippen molar-refractivity contribution in [1.29, 1.82) is 0 Å². The summed E-state index contributed by atoms with van der Waals surface area (Å²) in [5.41, 5.74) is 12.3. The van der Waals surface area contributed by atoms with Crippen LogP contribution < -0.4 is 11.5 Å². The summed E-state index contributed by atoms with van der Waals surface area (Å²) in [6, 6.07) is 0. The van der Waals surface area contributed by atoms with E-state index in [9.17, 15) is 0 Å². The second kappa shape index (κ2) is 2.99. The van der Waals surface area contributed by atoms with Crippen molar-refractivity contribution in [1.82, 2.24) is 19.5 Å². The van der Waals surface area contributed by atoms with Crippen LogP contribution in [0.3, 0.4) is 0 Å². The fraction of sp³-hybridized carbons (Fsp3) is 0.125. The first-order valence-electron chi connectivity index (χ1n) is 4.07. The average molecular weight is 190 g/mol. The van der Waals surface area contributed by atoms with E-state index in [0.717, 1.165) is 0 Å². The first-order valence-corrected chi connectivity index (χ1v) is 4.07. The number of fused-ring (bicyclic) bond motifs is 1. The normalized spacial score (nSPS) is 10.6. The number of anilines is 2. The predicted octanol–water partition coefficient (Wildman–Crippen LogP) is 0.177. The molecule has 2 aromatic rings. The van der Waals surface area contributed by atoms with Crippen molar-refractivity contribution in [2.45, 2.75) is 6.54 Å². The Hall–Kier alpha value is -2.11. The van der Waals surface area contributed by atoms with Crippen LogP contribution >= 0.6 is 0 Å². The van der Waals surface area contributed by atoms with E-state index >= 15 is 0 Å². The molecule has 0 amide bonds. The van der Waals surface area contributed by atoms with Gasteiger partial charge in [0.15, 0.2) is 11.5 Å². The summed E-state index contributed by atoms with van der Waals surface area (Å²) in [6.07, 6.45) is 3.38. The fourth-order valence-electron chi connectivity index (χ4n) is 1.30. The molecule has 0 aliphatic carbocycles. The lowest BCUT2D eigenvalue weighted by atomic mass is 10.4. The van der Waals surface area contributed by atoms with Gasteiger partial charge in [-0.3, -0.25) is 0 Å². The molecule has 0 fully saturated rings. The zero-order valence-electron chi connectivity index (χ0n) is 7.51. The van der Waals surface area contributed by atoms with Gasteiger partial charge in [-0.1, -0.05) is 6.08 Å². The molecule has 2 heterocycles. The molecule has 4 N–H and O–H groups in total. The van der Waals surface area contributed by atoms with Crippen LogP contribution in [0.4, 0.5) is 11.8 Å². The fourth-order valence-corrected chi connectivity index (χ4v) is 1.30. The second-order valence-corrected chi connectivity index (χ2v) is 2.82. The number of allylic oxidation sites excluding steroid dienone is 1. The van der Waals surface area contributed by atoms with E-state index in [1.807, 2.05) is 4.57 Å². The van der Waals surface area contributed by atoms with Gasteiger partial charge >= 0.3 is 0 Å². The van der Waals surface area contributed by atoms with Crippen molar-refractivity contribution in [2.24, 2.45) is 0 Å². The molecule has 0 saturated heterocycles. The van der Waals surface area contributed by atoms with E-state index in [1.165, 1.54) is 0 Å². The minimum absolute atomic E-state index is 0.138. The lowest BCUT2D eigenvalue weighted by Crippen LogP contribution is -2.03. The van der Waals surface area contributed by atoms with E-state index in [2.05, 4.69) is 21.5 Å². The standard InChI is InChI=1S/C8H10N6/c1-2-3-14-4-11-7-5(14)6(9)12-8(10)13-7/h2,4H,1,3H2,(H4,9,10,12,13). The highest BCUT2D eigenvalue weighted by Crippen LogP contribution is 2.17. The summed E-state index contributed by atoms with van der Waals surface area (Å²) < 4.78 is 1.82. The van der Waals surface area contributed by atoms with Gasteiger partial charge in [-0.25, -0.2) is 4.98 Å². The van der Waals surface area contributed by atoms with Crippen LogP contribution in [0.1, 0.15) is 0 Å². The molecule has 0 aliphatic rings. The predicted molar refractivity (Wildman–Crippen MR) is 54.3 cm³/mol. The molecule has 2 rings (SSSR count). The Morgan fingerprint density at radius 1 is 1.43 bits per heavy atom. The van der Waals surface area contributed by atoms with Gasteiger partial charge in [0, 0.05) is 6.54 Å². The minimum atomic E-state index is 0.138. The van der Waals surface area contributed by atoms with Crippen LogP contribution in [-0.4, -0.2) is 19.5 Å². The van der Waals surface area contributed by atoms with E-state index in [1.54, 1.807) is 12.4 Å². The lowest BCUT2D eigenvalue weighted by molar-refractivity contribution is 0.850. The van der Waals surface area contributed by atoms with Gasteiger partial charge in [0.1, 0.15) is 5.52 Å². The van der Waals surface area contributed by atoms with Crippen LogP contribution in [0.2, 0.25) is 0 Å². The number of rotatable bonds is 2. The van der Waals surface area contributed by atoms with Gasteiger partial charge < -0.3 is 16.0 Å². The molecule has 0 atom stereocenters. The lowest BCUT2D eigenvalue weighted by Gasteiger charge is -2.01. The Morgan fingerprint density at radius 2 is 2.21 bits per heavy atom. The van der Waals surface area contributed by atoms with Crippen molar-refractivity contribution in [3.05, 3.63) is 19.0 Å². The zero-order valence-corrected chi connectivity index (χ0v) is 7.51. The number of imidazole rings is 1. The van der Waals surface area contributed by atoms with Crippen LogP contribution in [0.5, 0.6) is 0 Å². The monoisotopic (exact) mass is 190 g/mol. The molecule has 14 heavy (non-hydrogen) atoms. The van der Waals surface area contributed by atoms with Gasteiger partial charge in [0.2, 0.25) is 5.95 Å². The third kappa shape index (κ3) is 1.17. The van der Waals surface area contributed by atoms with E-state index in [0.29, 0.717) is 23.5 Å². The first kappa shape index (κ1) is 8.49. The number of nitrogens with two attached hydrogens (primary N) is 2. The SMILES string of the molecule is C=CCn1cnc2nc(N)nc(N)c21. The highest BCUT2D eigenvalue weighted by atomic mass is 15.1. The summed E-state index contributed by atoms with van der Waals surface area (Å²) in [5, 5.41) is 0. The molecule has 0 saturated carbocycles. The van der Waals surface area contributed by atoms with Gasteiger partial charge in [-0.2, -0.15) is 9.97 Å². The van der Waals surface area contributed by atoms with E-state index in [4.69, 9.17) is 11.5 Å². The molecular weight excluding hydrogens is 180 g/mol. The third-order valence-corrected chi connectivity index (χ3v) is 1.84. The Kier molecular flexibility index (Phi) is 1.81. The molecule has 0 radical (unpaired) electrons. The van der Waals surface area contributed by atoms with Crippen molar-refractivity contribution < 1.29 is 0 Å². The third-order valence-electron chi connectivity index (χ3n) is 1.84. The first-order chi connectivity index (χ1) is 6.72. The van der Waals surface area contributed by atoms with Crippen molar-refractivity contribution in [3.8, 4) is 0 Å². The topological polar surface area (TPSA) is 95.6 Å². The van der Waals surface area contributed by atoms with Crippen LogP contribution in [-0.2, 0) is 6.54 Å². The molecule has 72 valence electrons. The number of nitrogen functional groups attached to an aromatic ring is 2. The summed E-state index contributed by atoms with van der Waals surface area (Å²) in [4.78, 5) is 11.9. The molecule has 0 aromatic carbocycles. The van der Waals surface area contributed by atoms with Crippen molar-refractivity contribution in [3.63, 3.8) is 0 Å². The Balaban J connectivity index is 2.72. The molecule has 0 unspecified atom stereocenters. The second-order valence-electron chi connectivity index (χ2n) is 2.82. The van der Waals surface area contributed by atoms with Crippen molar-refractivity contribution >= 4 is 22.9 Å². The average Bonchev–Trinajstić information content (AvgIpc) is 2.49. The maximum Gasteiger partial charge on any atom is 0.224 e. The molecule has 6 nitrogen and oxygen atoms in total. The summed E-state index contributed by atoms with van der Waals surface area (Å²) >= 11 is 0. The van der Waals surface area contributed by atoms with Crippen LogP contribution in [0.25, 0.3) is 11.2 Å². The maximum atomic E-state index is 5.71. The Bertz CT molecular complexity index is 486. The van der Waals surface area contributed by atoms with E-state index < -0.39 is 0 Å². The number of aromatic nitrogens is 4. The number of hydrogen-bond acceptors (Lipinski definition) is 5. The van der Waals surface area contributed by atoms with Gasteiger partial charge in [-0.15, -0.1) is 6.58 Å². The Labute approximate surface area is 80.3 Å². The molecule has 6 heteroatoms. The largest absolute Gasteiger partial charge is 0.382 e. The van der Waals surface area contributed by atoms with Gasteiger partial charge in [-0.05, 0) is 0 Å². The summed E-state index contributed by atoms with van der Waals surface area (Å²) in [7, 11) is 0. The van der Waals surface area contributed by atoms with E-state index in [-0.39, 0.29) is 5.95 Å². The van der Waals surface area contributed by atoms with Crippen LogP contribution in [0, 0.1) is 0 Å². The molecule has 2 aromatic heterocycles. The summed E-state index contributed by atoms with van der Waals surface area (Å²) in [6.45, 7) is 4.25. The zero-order chi connectivity index (χ0) is 10.1. The Morgan fingerprint density at radius 3 is 2.93 bits per heavy atom. The quantitative estimate of drug-likeness (QED) is 0.658. The summed E-state index contributed by atoms with van der Waals surface area (Å²) in [5.74, 6) is 0.478. The number of hydrogen-bond donors (Lipinski definition) is 2. The smallest absolute Gasteiger partial charge is 0.224 e. The minimum Gasteiger partial charge on any atom is -0.382 e. The molecule has 0 spiro atoms.